The van der Waals surface area contributed by atoms with E-state index in [0.717, 1.165) is 28.0 Å². The van der Waals surface area contributed by atoms with Gasteiger partial charge in [-0.05, 0) is 96.7 Å². The molecule has 0 aromatic carbocycles. The van der Waals surface area contributed by atoms with Gasteiger partial charge >= 0.3 is 0 Å². The first-order chi connectivity index (χ1) is 9.63. The van der Waals surface area contributed by atoms with Crippen molar-refractivity contribution < 1.29 is 0 Å². The lowest BCUT2D eigenvalue weighted by atomic mass is 9.48. The molecule has 1 aromatic rings. The number of halogens is 1. The summed E-state index contributed by atoms with van der Waals surface area (Å²) in [4.78, 5) is 4.33. The number of aromatic nitrogens is 1. The van der Waals surface area contributed by atoms with E-state index in [0.29, 0.717) is 11.5 Å². The van der Waals surface area contributed by atoms with Crippen molar-refractivity contribution in [1.82, 2.24) is 4.98 Å². The van der Waals surface area contributed by atoms with Gasteiger partial charge in [-0.3, -0.25) is 0 Å². The fourth-order valence-electron chi connectivity index (χ4n) is 5.57. The summed E-state index contributed by atoms with van der Waals surface area (Å²) in [5.41, 5.74) is 1.72. The highest BCUT2D eigenvalue weighted by Crippen LogP contribution is 2.61. The van der Waals surface area contributed by atoms with Crippen molar-refractivity contribution in [2.75, 3.05) is 5.32 Å². The minimum Gasteiger partial charge on any atom is -0.381 e. The minimum atomic E-state index is 0.557. The summed E-state index contributed by atoms with van der Waals surface area (Å²) in [7, 11) is 0. The maximum absolute atomic E-state index is 4.33. The normalized spacial score (nSPS) is 39.8. The average Bonchev–Trinajstić information content (AvgIpc) is 2.40. The van der Waals surface area contributed by atoms with E-state index in [1.54, 1.807) is 0 Å². The smallest absolute Gasteiger partial charge is 0.106 e. The van der Waals surface area contributed by atoms with Crippen molar-refractivity contribution in [3.63, 3.8) is 0 Å². The van der Waals surface area contributed by atoms with Crippen LogP contribution in [-0.4, -0.2) is 11.0 Å². The summed E-state index contributed by atoms with van der Waals surface area (Å²) in [6, 6.07) is 4.72. The van der Waals surface area contributed by atoms with E-state index >= 15 is 0 Å². The van der Waals surface area contributed by atoms with Crippen LogP contribution >= 0.6 is 15.9 Å². The van der Waals surface area contributed by atoms with Gasteiger partial charge in [0.1, 0.15) is 4.60 Å². The van der Waals surface area contributed by atoms with Crippen LogP contribution in [0.15, 0.2) is 22.9 Å². The number of nitrogens with zero attached hydrogens (tertiary/aromatic N) is 1. The van der Waals surface area contributed by atoms with Crippen molar-refractivity contribution in [1.29, 1.82) is 0 Å². The SMILES string of the molecule is CC(Nc1ccc(Br)nc1)C12CC3CC(CC(C3)C1)C2. The van der Waals surface area contributed by atoms with Crippen LogP contribution in [0.4, 0.5) is 5.69 Å². The van der Waals surface area contributed by atoms with Crippen LogP contribution in [0.2, 0.25) is 0 Å². The van der Waals surface area contributed by atoms with Gasteiger partial charge in [0.05, 0.1) is 11.9 Å². The molecule has 4 saturated carbocycles. The lowest BCUT2D eigenvalue weighted by Gasteiger charge is -2.59. The molecule has 0 amide bonds. The Morgan fingerprint density at radius 1 is 1.15 bits per heavy atom. The molecular formula is C17H23BrN2. The molecule has 1 N–H and O–H groups in total. The van der Waals surface area contributed by atoms with Gasteiger partial charge in [-0.15, -0.1) is 0 Å². The van der Waals surface area contributed by atoms with Gasteiger partial charge in [-0.25, -0.2) is 4.98 Å². The first-order valence-electron chi connectivity index (χ1n) is 8.01. The molecular weight excluding hydrogens is 312 g/mol. The van der Waals surface area contributed by atoms with Crippen molar-refractivity contribution in [3.8, 4) is 0 Å². The molecule has 108 valence electrons. The molecule has 0 aliphatic heterocycles. The van der Waals surface area contributed by atoms with Crippen LogP contribution in [-0.2, 0) is 0 Å². The number of rotatable bonds is 3. The standard InChI is InChI=1S/C17H23BrN2/c1-11(20-15-2-3-16(18)19-10-15)17-7-12-4-13(8-17)6-14(5-12)9-17/h2-3,10-14,20H,4-9H2,1H3. The zero-order chi connectivity index (χ0) is 13.7. The van der Waals surface area contributed by atoms with E-state index in [1.165, 1.54) is 38.5 Å². The second-order valence-electron chi connectivity index (χ2n) is 7.52. The second kappa shape index (κ2) is 4.72. The Bertz CT molecular complexity index is 461. The molecule has 0 saturated heterocycles. The zero-order valence-electron chi connectivity index (χ0n) is 12.1. The van der Waals surface area contributed by atoms with Crippen molar-refractivity contribution >= 4 is 21.6 Å². The summed E-state index contributed by atoms with van der Waals surface area (Å²) in [6.45, 7) is 2.40. The van der Waals surface area contributed by atoms with Crippen LogP contribution in [0.5, 0.6) is 0 Å². The Balaban J connectivity index is 1.53. The lowest BCUT2D eigenvalue weighted by Crippen LogP contribution is -2.52. The van der Waals surface area contributed by atoms with Gasteiger partial charge in [-0.1, -0.05) is 0 Å². The van der Waals surface area contributed by atoms with Crippen molar-refractivity contribution in [2.24, 2.45) is 23.2 Å². The quantitative estimate of drug-likeness (QED) is 0.798. The van der Waals surface area contributed by atoms with Crippen LogP contribution in [0.25, 0.3) is 0 Å². The van der Waals surface area contributed by atoms with Crippen LogP contribution in [0.1, 0.15) is 45.4 Å². The molecule has 0 radical (unpaired) electrons. The van der Waals surface area contributed by atoms with E-state index in [2.05, 4.69) is 39.2 Å². The number of nitrogens with one attached hydrogen (secondary N) is 1. The molecule has 1 atom stereocenters. The predicted octanol–water partition coefficient (Wildman–Crippen LogP) is 4.86. The first-order valence-corrected chi connectivity index (χ1v) is 8.80. The van der Waals surface area contributed by atoms with E-state index in [9.17, 15) is 0 Å². The third kappa shape index (κ3) is 2.18. The fraction of sp³-hybridized carbons (Fsp3) is 0.706. The monoisotopic (exact) mass is 334 g/mol. The highest BCUT2D eigenvalue weighted by atomic mass is 79.9. The minimum absolute atomic E-state index is 0.557. The van der Waals surface area contributed by atoms with Gasteiger partial charge in [0, 0.05) is 6.04 Å². The summed E-state index contributed by atoms with van der Waals surface area (Å²) < 4.78 is 0.908. The van der Waals surface area contributed by atoms with Gasteiger partial charge in [-0.2, -0.15) is 0 Å². The summed E-state index contributed by atoms with van der Waals surface area (Å²) in [5, 5.41) is 3.74. The molecule has 4 aliphatic rings. The van der Waals surface area contributed by atoms with Gasteiger partial charge < -0.3 is 5.32 Å². The van der Waals surface area contributed by atoms with E-state index in [-0.39, 0.29) is 0 Å². The molecule has 2 nitrogen and oxygen atoms in total. The Hall–Kier alpha value is -0.570. The Morgan fingerprint density at radius 3 is 2.25 bits per heavy atom. The molecule has 1 unspecified atom stereocenters. The summed E-state index contributed by atoms with van der Waals surface area (Å²) >= 11 is 3.40. The Morgan fingerprint density at radius 2 is 1.75 bits per heavy atom. The van der Waals surface area contributed by atoms with Crippen LogP contribution in [0.3, 0.4) is 0 Å². The molecule has 20 heavy (non-hydrogen) atoms. The summed E-state index contributed by atoms with van der Waals surface area (Å²) in [6.07, 6.45) is 10.9. The molecule has 3 heteroatoms. The molecule has 1 aromatic heterocycles. The molecule has 5 rings (SSSR count). The third-order valence-corrected chi connectivity index (χ3v) is 6.58. The van der Waals surface area contributed by atoms with Crippen LogP contribution < -0.4 is 5.32 Å². The second-order valence-corrected chi connectivity index (χ2v) is 8.33. The Labute approximate surface area is 129 Å². The first kappa shape index (κ1) is 13.1. The third-order valence-electron chi connectivity index (χ3n) is 6.11. The highest BCUT2D eigenvalue weighted by molar-refractivity contribution is 9.10. The van der Waals surface area contributed by atoms with Crippen molar-refractivity contribution in [3.05, 3.63) is 22.9 Å². The fourth-order valence-corrected chi connectivity index (χ4v) is 5.81. The van der Waals surface area contributed by atoms with E-state index < -0.39 is 0 Å². The Kier molecular flexibility index (Phi) is 3.10. The number of pyridine rings is 1. The predicted molar refractivity (Wildman–Crippen MR) is 85.6 cm³/mol. The maximum atomic E-state index is 4.33. The maximum Gasteiger partial charge on any atom is 0.106 e. The van der Waals surface area contributed by atoms with Gasteiger partial charge in [0.2, 0.25) is 0 Å². The van der Waals surface area contributed by atoms with Crippen molar-refractivity contribution in [2.45, 2.75) is 51.5 Å². The molecule has 0 spiro atoms. The number of hydrogen-bond donors (Lipinski definition) is 1. The average molecular weight is 335 g/mol. The van der Waals surface area contributed by atoms with Gasteiger partial charge in [0.15, 0.2) is 0 Å². The highest BCUT2D eigenvalue weighted by Gasteiger charge is 2.53. The van der Waals surface area contributed by atoms with E-state index in [1.807, 2.05) is 12.3 Å². The number of hydrogen-bond acceptors (Lipinski definition) is 2. The summed E-state index contributed by atoms with van der Waals surface area (Å²) in [5.74, 6) is 3.07. The molecule has 1 heterocycles. The molecule has 4 bridgehead atoms. The number of anilines is 1. The topological polar surface area (TPSA) is 24.9 Å². The largest absolute Gasteiger partial charge is 0.381 e. The van der Waals surface area contributed by atoms with E-state index in [4.69, 9.17) is 0 Å². The van der Waals surface area contributed by atoms with Gasteiger partial charge in [0.25, 0.3) is 0 Å². The molecule has 4 aliphatic carbocycles. The van der Waals surface area contributed by atoms with Crippen LogP contribution in [0, 0.1) is 23.2 Å². The zero-order valence-corrected chi connectivity index (χ0v) is 13.7. The molecule has 4 fully saturated rings. The lowest BCUT2D eigenvalue weighted by molar-refractivity contribution is -0.0602.